The molecule has 0 bridgehead atoms. The van der Waals surface area contributed by atoms with E-state index in [0.29, 0.717) is 19.8 Å². The van der Waals surface area contributed by atoms with Crippen molar-refractivity contribution in [3.05, 3.63) is 33.1 Å². The fraction of sp³-hybridized carbons (Fsp3) is 0.846. The minimum atomic E-state index is -2.94. The average Bonchev–Trinajstić information content (AvgIpc) is 3.16. The molecule has 1 aromatic heterocycles. The Morgan fingerprint density at radius 2 is 1.56 bits per heavy atom. The first-order valence-corrected chi connectivity index (χ1v) is 18.0. The number of nitrogens with one attached hydrogen (secondary N) is 1. The van der Waals surface area contributed by atoms with Crippen LogP contribution in [0, 0.1) is 0 Å². The van der Waals surface area contributed by atoms with Crippen LogP contribution >= 0.6 is 0 Å². The molecule has 2 saturated heterocycles. The summed E-state index contributed by atoms with van der Waals surface area (Å²) in [6.45, 7) is 19.1. The maximum atomic E-state index is 12.8. The Hall–Kier alpha value is -1.17. The number of fused-ring (bicyclic) bond motifs is 1. The number of methoxy groups -OCH3 is 1. The summed E-state index contributed by atoms with van der Waals surface area (Å²) in [5, 5.41) is 0. The third-order valence-electron chi connectivity index (χ3n) is 7.71. The van der Waals surface area contributed by atoms with Gasteiger partial charge < -0.3 is 31.9 Å². The lowest BCUT2D eigenvalue weighted by Gasteiger charge is -2.51. The van der Waals surface area contributed by atoms with Crippen LogP contribution in [-0.4, -0.2) is 85.1 Å². The zero-order valence-corrected chi connectivity index (χ0v) is 26.9. The highest BCUT2D eigenvalue weighted by Gasteiger charge is 2.62. The van der Waals surface area contributed by atoms with Gasteiger partial charge in [0.1, 0.15) is 18.3 Å². The summed E-state index contributed by atoms with van der Waals surface area (Å²) in [7, 11) is -4.08. The molecule has 2 fully saturated rings. The van der Waals surface area contributed by atoms with Gasteiger partial charge in [0.2, 0.25) is 0 Å². The van der Waals surface area contributed by atoms with E-state index in [1.54, 1.807) is 7.11 Å². The fourth-order valence-electron chi connectivity index (χ4n) is 5.64. The van der Waals surface area contributed by atoms with Crippen molar-refractivity contribution < 1.29 is 31.9 Å². The maximum Gasteiger partial charge on any atom is 0.335 e. The molecular formula is C26H48N2O9Si2. The Balaban J connectivity index is 2.04. The lowest BCUT2D eigenvalue weighted by Crippen LogP contribution is -2.66. The van der Waals surface area contributed by atoms with E-state index in [9.17, 15) is 9.59 Å². The van der Waals surface area contributed by atoms with Crippen molar-refractivity contribution in [1.82, 2.24) is 9.55 Å². The van der Waals surface area contributed by atoms with Gasteiger partial charge in [0.25, 0.3) is 5.56 Å². The molecule has 0 aromatic carbocycles. The highest BCUT2D eigenvalue weighted by molar-refractivity contribution is 6.83. The Bertz CT molecular complexity index is 1010. The first kappa shape index (κ1) is 32.3. The number of rotatable bonds is 12. The summed E-state index contributed by atoms with van der Waals surface area (Å²) in [5.41, 5.74) is -0.426. The number of aromatic nitrogens is 2. The van der Waals surface area contributed by atoms with Gasteiger partial charge in [-0.1, -0.05) is 55.4 Å². The van der Waals surface area contributed by atoms with Crippen LogP contribution in [0.15, 0.2) is 21.9 Å². The van der Waals surface area contributed by atoms with E-state index in [0.717, 1.165) is 0 Å². The van der Waals surface area contributed by atoms with E-state index in [2.05, 4.69) is 60.4 Å². The van der Waals surface area contributed by atoms with Gasteiger partial charge in [-0.05, 0) is 22.2 Å². The minimum absolute atomic E-state index is 0.122. The molecule has 1 aromatic rings. The molecule has 1 N–H and O–H groups in total. The molecule has 0 saturated carbocycles. The van der Waals surface area contributed by atoms with Gasteiger partial charge >= 0.3 is 22.8 Å². The van der Waals surface area contributed by atoms with Crippen molar-refractivity contribution in [2.45, 2.75) is 102 Å². The molecule has 3 heterocycles. The van der Waals surface area contributed by atoms with Gasteiger partial charge in [0.15, 0.2) is 6.23 Å². The summed E-state index contributed by atoms with van der Waals surface area (Å²) >= 11 is 0. The number of H-pyrrole nitrogens is 1. The predicted molar refractivity (Wildman–Crippen MR) is 151 cm³/mol. The van der Waals surface area contributed by atoms with Gasteiger partial charge in [-0.3, -0.25) is 14.3 Å². The molecule has 0 spiro atoms. The van der Waals surface area contributed by atoms with Crippen molar-refractivity contribution in [2.24, 2.45) is 0 Å². The third-order valence-corrected chi connectivity index (χ3v) is 18.0. The smallest absolute Gasteiger partial charge is 0.335 e. The minimum Gasteiger partial charge on any atom is -0.414 e. The van der Waals surface area contributed by atoms with E-state index in [-0.39, 0.29) is 35.4 Å². The topological polar surface area (TPSA) is 119 Å². The SMILES string of the molecule is COCCOCCO[C@H]1C2O[Si](C(C)C)(C(C)C)O[Si](C(C)C)(C(C)C)OC[C@H]2O[C@H]1n1ccc(=O)[nH]c1=O. The lowest BCUT2D eigenvalue weighted by molar-refractivity contribution is -0.0846. The Labute approximate surface area is 233 Å². The molecule has 0 amide bonds. The molecule has 3 rings (SSSR count). The quantitative estimate of drug-likeness (QED) is 0.289. The van der Waals surface area contributed by atoms with Crippen LogP contribution in [0.25, 0.3) is 0 Å². The molecule has 2 aliphatic rings. The summed E-state index contributed by atoms with van der Waals surface area (Å²) in [4.78, 5) is 27.0. The van der Waals surface area contributed by atoms with Crippen molar-refractivity contribution in [2.75, 3.05) is 40.1 Å². The summed E-state index contributed by atoms with van der Waals surface area (Å²) in [6, 6.07) is 1.30. The van der Waals surface area contributed by atoms with Crippen LogP contribution in [0.3, 0.4) is 0 Å². The number of hydrogen-bond acceptors (Lipinski definition) is 9. The van der Waals surface area contributed by atoms with Crippen molar-refractivity contribution in [3.8, 4) is 0 Å². The Kier molecular flexibility index (Phi) is 11.3. The van der Waals surface area contributed by atoms with Gasteiger partial charge in [0.05, 0.1) is 33.0 Å². The average molecular weight is 589 g/mol. The summed E-state index contributed by atoms with van der Waals surface area (Å²) in [6.07, 6.45) is -1.09. The molecule has 0 aliphatic carbocycles. The first-order chi connectivity index (χ1) is 18.4. The molecule has 1 unspecified atom stereocenters. The molecule has 224 valence electrons. The van der Waals surface area contributed by atoms with Gasteiger partial charge in [-0.2, -0.15) is 0 Å². The van der Waals surface area contributed by atoms with Crippen LogP contribution in [0.2, 0.25) is 22.2 Å². The number of nitrogens with zero attached hydrogens (tertiary/aromatic N) is 1. The zero-order chi connectivity index (χ0) is 29.0. The van der Waals surface area contributed by atoms with E-state index in [1.165, 1.54) is 16.8 Å². The van der Waals surface area contributed by atoms with E-state index >= 15 is 0 Å². The van der Waals surface area contributed by atoms with Gasteiger partial charge in [0, 0.05) is 19.4 Å². The molecule has 4 atom stereocenters. The molecule has 0 radical (unpaired) electrons. The molecule has 2 aliphatic heterocycles. The molecule has 11 nitrogen and oxygen atoms in total. The Morgan fingerprint density at radius 3 is 2.13 bits per heavy atom. The first-order valence-electron chi connectivity index (χ1n) is 14.1. The van der Waals surface area contributed by atoms with Crippen LogP contribution in [0.4, 0.5) is 0 Å². The van der Waals surface area contributed by atoms with Crippen LogP contribution in [0.1, 0.15) is 61.6 Å². The maximum absolute atomic E-state index is 12.8. The van der Waals surface area contributed by atoms with Crippen molar-refractivity contribution in [3.63, 3.8) is 0 Å². The van der Waals surface area contributed by atoms with E-state index < -0.39 is 52.9 Å². The van der Waals surface area contributed by atoms with Crippen molar-refractivity contribution >= 4 is 17.1 Å². The number of ether oxygens (including phenoxy) is 4. The third kappa shape index (κ3) is 6.84. The lowest BCUT2D eigenvalue weighted by atomic mass is 10.1. The van der Waals surface area contributed by atoms with E-state index in [4.69, 9.17) is 31.9 Å². The second kappa shape index (κ2) is 13.7. The van der Waals surface area contributed by atoms with Crippen LogP contribution in [0.5, 0.6) is 0 Å². The molecule has 13 heteroatoms. The van der Waals surface area contributed by atoms with Gasteiger partial charge in [-0.25, -0.2) is 4.79 Å². The zero-order valence-electron chi connectivity index (χ0n) is 24.9. The normalized spacial score (nSPS) is 26.8. The molecule has 39 heavy (non-hydrogen) atoms. The van der Waals surface area contributed by atoms with Crippen LogP contribution < -0.4 is 11.2 Å². The van der Waals surface area contributed by atoms with E-state index in [1.807, 2.05) is 0 Å². The number of aromatic amines is 1. The Morgan fingerprint density at radius 1 is 0.949 bits per heavy atom. The van der Waals surface area contributed by atoms with Crippen molar-refractivity contribution in [1.29, 1.82) is 0 Å². The highest BCUT2D eigenvalue weighted by atomic mass is 28.5. The largest absolute Gasteiger partial charge is 0.414 e. The second-order valence-electron chi connectivity index (χ2n) is 11.6. The van der Waals surface area contributed by atoms with Crippen LogP contribution in [-0.2, 0) is 31.9 Å². The monoisotopic (exact) mass is 588 g/mol. The standard InChI is InChI=1S/C26H48N2O9Si2/c1-17(2)38(18(3)4)34-16-21-23(36-39(37-38,19(5)6)20(7)8)24(33-15-14-32-13-12-31-9)25(35-21)28-11-10-22(29)27-26(28)30/h10-11,17-21,23-25H,12-16H2,1-9H3,(H,27,29,30)/t21-,23?,24+,25-/m1/s1. The second-order valence-corrected chi connectivity index (χ2v) is 20.4. The number of hydrogen-bond donors (Lipinski definition) is 1. The highest BCUT2D eigenvalue weighted by Crippen LogP contribution is 2.48. The fourth-order valence-corrected chi connectivity index (χ4v) is 16.8. The summed E-state index contributed by atoms with van der Waals surface area (Å²) < 4.78 is 46.2. The molecular weight excluding hydrogens is 540 g/mol. The van der Waals surface area contributed by atoms with Gasteiger partial charge in [-0.15, -0.1) is 0 Å². The predicted octanol–water partition coefficient (Wildman–Crippen LogP) is 3.44. The summed E-state index contributed by atoms with van der Waals surface area (Å²) in [5.74, 6) is 0.